The lowest BCUT2D eigenvalue weighted by molar-refractivity contribution is -0.122. The van der Waals surface area contributed by atoms with Crippen molar-refractivity contribution in [1.82, 2.24) is 14.9 Å². The minimum absolute atomic E-state index is 0.0499. The van der Waals surface area contributed by atoms with E-state index in [0.717, 1.165) is 25.2 Å². The molecule has 9 heteroatoms. The maximum absolute atomic E-state index is 12.7. The Morgan fingerprint density at radius 2 is 2.00 bits per heavy atom. The minimum atomic E-state index is -3.69. The number of aliphatic hydroxyl groups excluding tert-OH is 1. The van der Waals surface area contributed by atoms with Crippen LogP contribution in [-0.4, -0.2) is 75.4 Å². The van der Waals surface area contributed by atoms with Gasteiger partial charge in [0.1, 0.15) is 0 Å². The monoisotopic (exact) mass is 467 g/mol. The van der Waals surface area contributed by atoms with E-state index in [1.54, 1.807) is 18.2 Å². The number of aliphatic hydroxyl groups is 1. The SMILES string of the molecule is Cc1cccc(S(=O)(=O)N[C@H]2CC[C@H](CCNC(=O)CCN3CCCCC3)O[C@@H]2CO)c1. The Morgan fingerprint density at radius 1 is 1.22 bits per heavy atom. The highest BCUT2D eigenvalue weighted by atomic mass is 32.2. The lowest BCUT2D eigenvalue weighted by atomic mass is 9.98. The normalized spacial score (nSPS) is 24.9. The van der Waals surface area contributed by atoms with Crippen LogP contribution in [0, 0.1) is 6.92 Å². The van der Waals surface area contributed by atoms with Crippen LogP contribution >= 0.6 is 0 Å². The predicted molar refractivity (Wildman–Crippen MR) is 123 cm³/mol. The fourth-order valence-electron chi connectivity index (χ4n) is 4.43. The van der Waals surface area contributed by atoms with Crippen LogP contribution < -0.4 is 10.0 Å². The molecular weight excluding hydrogens is 430 g/mol. The molecule has 2 aliphatic heterocycles. The third-order valence-corrected chi connectivity index (χ3v) is 7.78. The minimum Gasteiger partial charge on any atom is -0.394 e. The standard InChI is InChI=1S/C23H37N3O5S/c1-18-6-5-7-20(16-18)32(29,30)25-21-9-8-19(31-22(21)17-27)10-12-24-23(28)11-15-26-13-3-2-4-14-26/h5-7,16,19,21-22,25,27H,2-4,8-15,17H2,1H3,(H,24,28)/t19-,21+,22-/m1/s1. The Labute approximate surface area is 191 Å². The number of benzene rings is 1. The van der Waals surface area contributed by atoms with E-state index in [2.05, 4.69) is 14.9 Å². The molecule has 0 bridgehead atoms. The van der Waals surface area contributed by atoms with Crippen LogP contribution in [0.3, 0.4) is 0 Å². The van der Waals surface area contributed by atoms with Crippen molar-refractivity contribution in [1.29, 1.82) is 0 Å². The maximum Gasteiger partial charge on any atom is 0.240 e. The van der Waals surface area contributed by atoms with Gasteiger partial charge in [0.2, 0.25) is 15.9 Å². The molecule has 1 aromatic carbocycles. The van der Waals surface area contributed by atoms with Crippen LogP contribution in [-0.2, 0) is 19.6 Å². The predicted octanol–water partition coefficient (Wildman–Crippen LogP) is 1.56. The number of aryl methyl sites for hydroxylation is 1. The quantitative estimate of drug-likeness (QED) is 0.482. The van der Waals surface area contributed by atoms with Crippen molar-refractivity contribution < 1.29 is 23.1 Å². The molecule has 0 aliphatic carbocycles. The van der Waals surface area contributed by atoms with E-state index in [4.69, 9.17) is 4.74 Å². The second-order valence-electron chi connectivity index (χ2n) is 8.89. The van der Waals surface area contributed by atoms with Gasteiger partial charge in [0.15, 0.2) is 0 Å². The molecule has 1 amide bonds. The third kappa shape index (κ3) is 7.52. The second kappa shape index (κ2) is 12.1. The number of rotatable bonds is 10. The molecule has 0 radical (unpaired) electrons. The summed E-state index contributed by atoms with van der Waals surface area (Å²) in [5.74, 6) is 0.0499. The lowest BCUT2D eigenvalue weighted by Gasteiger charge is -2.36. The van der Waals surface area contributed by atoms with Gasteiger partial charge in [-0.3, -0.25) is 4.79 Å². The highest BCUT2D eigenvalue weighted by Gasteiger charge is 2.33. The molecule has 2 fully saturated rings. The van der Waals surface area contributed by atoms with Crippen LogP contribution in [0.1, 0.15) is 50.5 Å². The van der Waals surface area contributed by atoms with Crippen molar-refractivity contribution in [2.75, 3.05) is 32.8 Å². The molecule has 0 saturated carbocycles. The van der Waals surface area contributed by atoms with Crippen LogP contribution in [0.15, 0.2) is 29.2 Å². The molecule has 8 nitrogen and oxygen atoms in total. The van der Waals surface area contributed by atoms with Gasteiger partial charge in [-0.15, -0.1) is 0 Å². The average Bonchev–Trinajstić information content (AvgIpc) is 2.79. The molecule has 3 atom stereocenters. The first-order chi connectivity index (χ1) is 15.4. The van der Waals surface area contributed by atoms with E-state index < -0.39 is 22.2 Å². The number of amides is 1. The molecule has 0 spiro atoms. The van der Waals surface area contributed by atoms with E-state index in [9.17, 15) is 18.3 Å². The number of sulfonamides is 1. The molecule has 2 aliphatic rings. The van der Waals surface area contributed by atoms with Gasteiger partial charge in [-0.1, -0.05) is 18.6 Å². The summed E-state index contributed by atoms with van der Waals surface area (Å²) in [6.45, 7) is 5.07. The molecule has 2 saturated heterocycles. The van der Waals surface area contributed by atoms with Gasteiger partial charge in [-0.25, -0.2) is 13.1 Å². The second-order valence-corrected chi connectivity index (χ2v) is 10.6. The number of piperidine rings is 1. The molecule has 32 heavy (non-hydrogen) atoms. The summed E-state index contributed by atoms with van der Waals surface area (Å²) in [5.41, 5.74) is 0.865. The fraction of sp³-hybridized carbons (Fsp3) is 0.696. The van der Waals surface area contributed by atoms with E-state index in [1.807, 2.05) is 13.0 Å². The van der Waals surface area contributed by atoms with Crippen molar-refractivity contribution in [2.45, 2.75) is 75.0 Å². The van der Waals surface area contributed by atoms with Crippen molar-refractivity contribution in [3.8, 4) is 0 Å². The van der Waals surface area contributed by atoms with E-state index in [1.165, 1.54) is 19.3 Å². The van der Waals surface area contributed by atoms with Crippen LogP contribution in [0.2, 0.25) is 0 Å². The van der Waals surface area contributed by atoms with Gasteiger partial charge >= 0.3 is 0 Å². The summed E-state index contributed by atoms with van der Waals surface area (Å²) in [6.07, 6.45) is 5.39. The summed E-state index contributed by atoms with van der Waals surface area (Å²) in [7, 11) is -3.69. The third-order valence-electron chi connectivity index (χ3n) is 6.29. The average molecular weight is 468 g/mol. The molecule has 0 unspecified atom stereocenters. The summed E-state index contributed by atoms with van der Waals surface area (Å²) in [4.78, 5) is 14.7. The number of ether oxygens (including phenoxy) is 1. The molecule has 2 heterocycles. The molecule has 3 N–H and O–H groups in total. The van der Waals surface area contributed by atoms with Crippen molar-refractivity contribution in [2.24, 2.45) is 0 Å². The Balaban J connectivity index is 1.40. The van der Waals surface area contributed by atoms with Gasteiger partial charge in [-0.05, 0) is 69.8 Å². The zero-order valence-electron chi connectivity index (χ0n) is 19.0. The summed E-state index contributed by atoms with van der Waals surface area (Å²) >= 11 is 0. The Bertz CT molecular complexity index is 842. The first-order valence-electron chi connectivity index (χ1n) is 11.7. The van der Waals surface area contributed by atoms with Crippen molar-refractivity contribution >= 4 is 15.9 Å². The van der Waals surface area contributed by atoms with E-state index in [0.29, 0.717) is 32.2 Å². The highest BCUT2D eigenvalue weighted by molar-refractivity contribution is 7.89. The summed E-state index contributed by atoms with van der Waals surface area (Å²) in [6, 6.07) is 6.25. The summed E-state index contributed by atoms with van der Waals surface area (Å²) < 4.78 is 34.1. The topological polar surface area (TPSA) is 108 Å². The first kappa shape index (κ1) is 25.1. The van der Waals surface area contributed by atoms with Crippen molar-refractivity contribution in [3.05, 3.63) is 29.8 Å². The number of carbonyl (C=O) groups is 1. The number of nitrogens with one attached hydrogen (secondary N) is 2. The van der Waals surface area contributed by atoms with Gasteiger partial charge in [-0.2, -0.15) is 0 Å². The zero-order chi connectivity index (χ0) is 23.0. The van der Waals surface area contributed by atoms with E-state index >= 15 is 0 Å². The molecule has 0 aromatic heterocycles. The number of hydrogen-bond acceptors (Lipinski definition) is 6. The number of hydrogen-bond donors (Lipinski definition) is 3. The van der Waals surface area contributed by atoms with Crippen molar-refractivity contribution in [3.63, 3.8) is 0 Å². The van der Waals surface area contributed by atoms with Gasteiger partial charge in [0.05, 0.1) is 29.8 Å². The maximum atomic E-state index is 12.7. The van der Waals surface area contributed by atoms with E-state index in [-0.39, 0.29) is 23.5 Å². The fourth-order valence-corrected chi connectivity index (χ4v) is 5.84. The largest absolute Gasteiger partial charge is 0.394 e. The zero-order valence-corrected chi connectivity index (χ0v) is 19.8. The Hall–Kier alpha value is -1.52. The van der Waals surface area contributed by atoms with Crippen LogP contribution in [0.5, 0.6) is 0 Å². The van der Waals surface area contributed by atoms with Gasteiger partial charge in [0, 0.05) is 19.5 Å². The summed E-state index contributed by atoms with van der Waals surface area (Å²) in [5, 5.41) is 12.7. The lowest BCUT2D eigenvalue weighted by Crippen LogP contribution is -2.51. The first-order valence-corrected chi connectivity index (χ1v) is 13.2. The molecule has 1 aromatic rings. The van der Waals surface area contributed by atoms with Crippen LogP contribution in [0.25, 0.3) is 0 Å². The number of likely N-dealkylation sites (tertiary alicyclic amines) is 1. The Kier molecular flexibility index (Phi) is 9.48. The van der Waals surface area contributed by atoms with Gasteiger partial charge < -0.3 is 20.1 Å². The smallest absolute Gasteiger partial charge is 0.240 e. The van der Waals surface area contributed by atoms with Gasteiger partial charge in [0.25, 0.3) is 0 Å². The number of nitrogens with zero attached hydrogens (tertiary/aromatic N) is 1. The van der Waals surface area contributed by atoms with Crippen LogP contribution in [0.4, 0.5) is 0 Å². The molecular formula is C23H37N3O5S. The molecule has 3 rings (SSSR count). The number of carbonyl (C=O) groups excluding carboxylic acids is 1. The Morgan fingerprint density at radius 3 is 2.72 bits per heavy atom. The molecule has 180 valence electrons. The highest BCUT2D eigenvalue weighted by Crippen LogP contribution is 2.23.